The van der Waals surface area contributed by atoms with E-state index in [9.17, 15) is 9.59 Å². The van der Waals surface area contributed by atoms with Crippen LogP contribution in [0, 0.1) is 6.92 Å². The van der Waals surface area contributed by atoms with Crippen LogP contribution in [0.15, 0.2) is 41.5 Å². The van der Waals surface area contributed by atoms with Gasteiger partial charge in [0.15, 0.2) is 0 Å². The molecule has 4 rings (SSSR count). The number of aromatic nitrogens is 4. The molecule has 3 N–H and O–H groups in total. The molecular weight excluding hydrogens is 344 g/mol. The van der Waals surface area contributed by atoms with Crippen molar-refractivity contribution in [2.45, 2.75) is 26.4 Å². The monoisotopic (exact) mass is 362 g/mol. The molecule has 4 heterocycles. The highest BCUT2D eigenvalue weighted by Crippen LogP contribution is 2.37. The minimum atomic E-state index is -0.400. The van der Waals surface area contributed by atoms with Crippen molar-refractivity contribution in [2.24, 2.45) is 0 Å². The van der Waals surface area contributed by atoms with Gasteiger partial charge in [-0.25, -0.2) is 9.97 Å². The lowest BCUT2D eigenvalue weighted by molar-refractivity contribution is 0.0701. The highest BCUT2D eigenvalue weighted by atomic mass is 16.2. The summed E-state index contributed by atoms with van der Waals surface area (Å²) in [6.45, 7) is 3.94. The van der Waals surface area contributed by atoms with Crippen molar-refractivity contribution < 1.29 is 4.79 Å². The number of nitrogens with zero attached hydrogens (tertiary/aromatic N) is 4. The van der Waals surface area contributed by atoms with Crippen molar-refractivity contribution in [1.82, 2.24) is 24.8 Å². The van der Waals surface area contributed by atoms with E-state index in [1.807, 2.05) is 19.1 Å². The number of fused-ring (bicyclic) bond motifs is 1. The molecule has 1 amide bonds. The van der Waals surface area contributed by atoms with Gasteiger partial charge in [0.05, 0.1) is 24.0 Å². The zero-order valence-electron chi connectivity index (χ0n) is 14.9. The van der Waals surface area contributed by atoms with E-state index in [2.05, 4.69) is 19.9 Å². The third kappa shape index (κ3) is 2.84. The van der Waals surface area contributed by atoms with Crippen LogP contribution >= 0.6 is 0 Å². The number of aromatic amines is 1. The van der Waals surface area contributed by atoms with Crippen molar-refractivity contribution in [1.29, 1.82) is 0 Å². The van der Waals surface area contributed by atoms with Gasteiger partial charge in [0, 0.05) is 29.2 Å². The van der Waals surface area contributed by atoms with E-state index in [0.29, 0.717) is 23.6 Å². The number of hydrogen-bond acceptors (Lipinski definition) is 6. The Morgan fingerprint density at radius 2 is 1.96 bits per heavy atom. The van der Waals surface area contributed by atoms with Gasteiger partial charge in [-0.2, -0.15) is 0 Å². The summed E-state index contributed by atoms with van der Waals surface area (Å²) < 4.78 is 0. The second kappa shape index (κ2) is 6.31. The third-order valence-electron chi connectivity index (χ3n) is 4.75. The van der Waals surface area contributed by atoms with E-state index < -0.39 is 5.56 Å². The minimum absolute atomic E-state index is 0.103. The van der Waals surface area contributed by atoms with Crippen molar-refractivity contribution in [3.8, 4) is 11.3 Å². The average Bonchev–Trinajstić information content (AvgIpc) is 2.98. The topological polar surface area (TPSA) is 118 Å². The zero-order chi connectivity index (χ0) is 19.1. The van der Waals surface area contributed by atoms with Gasteiger partial charge in [0.2, 0.25) is 5.95 Å². The molecule has 1 aliphatic heterocycles. The molecule has 0 fully saturated rings. The van der Waals surface area contributed by atoms with Crippen LogP contribution in [0.1, 0.15) is 40.3 Å². The van der Waals surface area contributed by atoms with Crippen LogP contribution in [-0.4, -0.2) is 30.7 Å². The summed E-state index contributed by atoms with van der Waals surface area (Å²) in [5.74, 6) is -0.198. The molecule has 3 aromatic heterocycles. The first-order chi connectivity index (χ1) is 13.0. The second-order valence-electron chi connectivity index (χ2n) is 6.52. The number of pyridine rings is 2. The molecule has 0 saturated carbocycles. The number of H-pyrrole nitrogens is 1. The largest absolute Gasteiger partial charge is 0.368 e. The predicted molar refractivity (Wildman–Crippen MR) is 99.8 cm³/mol. The van der Waals surface area contributed by atoms with E-state index in [0.717, 1.165) is 11.1 Å². The Labute approximate surface area is 155 Å². The molecule has 0 aliphatic carbocycles. The second-order valence-corrected chi connectivity index (χ2v) is 6.52. The lowest BCUT2D eigenvalue weighted by atomic mass is 10.1. The maximum Gasteiger partial charge on any atom is 0.260 e. The van der Waals surface area contributed by atoms with E-state index in [-0.39, 0.29) is 23.5 Å². The fourth-order valence-corrected chi connectivity index (χ4v) is 3.37. The maximum absolute atomic E-state index is 13.0. The fourth-order valence-electron chi connectivity index (χ4n) is 3.37. The van der Waals surface area contributed by atoms with Gasteiger partial charge in [0.1, 0.15) is 5.56 Å². The van der Waals surface area contributed by atoms with Gasteiger partial charge in [-0.3, -0.25) is 14.6 Å². The number of aryl methyl sites for hydroxylation is 1. The van der Waals surface area contributed by atoms with Crippen LogP contribution in [-0.2, 0) is 6.54 Å². The molecule has 0 aromatic carbocycles. The first-order valence-corrected chi connectivity index (χ1v) is 8.53. The number of anilines is 1. The van der Waals surface area contributed by atoms with E-state index in [4.69, 9.17) is 5.73 Å². The van der Waals surface area contributed by atoms with Gasteiger partial charge in [-0.15, -0.1) is 0 Å². The van der Waals surface area contributed by atoms with Crippen molar-refractivity contribution in [2.75, 3.05) is 5.73 Å². The van der Waals surface area contributed by atoms with Crippen molar-refractivity contribution in [3.63, 3.8) is 0 Å². The summed E-state index contributed by atoms with van der Waals surface area (Å²) in [5.41, 5.74) is 9.38. The summed E-state index contributed by atoms with van der Waals surface area (Å²) >= 11 is 0. The quantitative estimate of drug-likeness (QED) is 0.718. The summed E-state index contributed by atoms with van der Waals surface area (Å²) in [6, 6.07) is 6.61. The smallest absolute Gasteiger partial charge is 0.260 e. The number of amides is 1. The Kier molecular flexibility index (Phi) is 3.95. The SMILES string of the molecule is Cc1ccc(C(=O)N2Cc3c(-c4ccncc4)nc(N)nc3[C@H]2C)c(=O)[nH]1. The standard InChI is InChI=1S/C19H18N6O2/c1-10-3-4-13(17(26)22-10)18(27)25-9-14-15(11(25)2)23-19(20)24-16(14)12-5-7-21-8-6-12/h3-8,11H,9H2,1-2H3,(H,22,26)(H2,20,23,24)/t11-/m1/s1. The number of nitrogens with two attached hydrogens (primary N) is 1. The molecule has 1 aliphatic rings. The predicted octanol–water partition coefficient (Wildman–Crippen LogP) is 1.83. The molecule has 8 heteroatoms. The van der Waals surface area contributed by atoms with Gasteiger partial charge in [0.25, 0.3) is 11.5 Å². The van der Waals surface area contributed by atoms with E-state index in [1.54, 1.807) is 36.4 Å². The minimum Gasteiger partial charge on any atom is -0.368 e. The van der Waals surface area contributed by atoms with Crippen LogP contribution < -0.4 is 11.3 Å². The normalized spacial score (nSPS) is 15.6. The summed E-state index contributed by atoms with van der Waals surface area (Å²) in [5, 5.41) is 0. The van der Waals surface area contributed by atoms with Gasteiger partial charge in [-0.05, 0) is 38.1 Å². The molecule has 0 bridgehead atoms. The highest BCUT2D eigenvalue weighted by molar-refractivity contribution is 5.94. The average molecular weight is 362 g/mol. The fraction of sp³-hybridized carbons (Fsp3) is 0.211. The number of hydrogen-bond donors (Lipinski definition) is 2. The molecular formula is C19H18N6O2. The van der Waals surface area contributed by atoms with Crippen LogP contribution in [0.4, 0.5) is 5.95 Å². The first-order valence-electron chi connectivity index (χ1n) is 8.53. The zero-order valence-corrected chi connectivity index (χ0v) is 14.9. The molecule has 0 unspecified atom stereocenters. The van der Waals surface area contributed by atoms with Crippen molar-refractivity contribution >= 4 is 11.9 Å². The molecule has 1 atom stereocenters. The molecule has 0 spiro atoms. The number of carbonyl (C=O) groups is 1. The lowest BCUT2D eigenvalue weighted by Crippen LogP contribution is -2.33. The Morgan fingerprint density at radius 1 is 1.22 bits per heavy atom. The first kappa shape index (κ1) is 16.9. The van der Waals surface area contributed by atoms with Crippen LogP contribution in [0.25, 0.3) is 11.3 Å². The number of nitrogen functional groups attached to an aromatic ring is 1. The Balaban J connectivity index is 1.77. The van der Waals surface area contributed by atoms with Crippen molar-refractivity contribution in [3.05, 3.63) is 69.5 Å². The molecule has 0 saturated heterocycles. The molecule has 8 nitrogen and oxygen atoms in total. The summed E-state index contributed by atoms with van der Waals surface area (Å²) in [4.78, 5) is 42.2. The van der Waals surface area contributed by atoms with Crippen LogP contribution in [0.2, 0.25) is 0 Å². The summed E-state index contributed by atoms with van der Waals surface area (Å²) in [6.07, 6.45) is 3.35. The molecule has 3 aromatic rings. The number of rotatable bonds is 2. The summed E-state index contributed by atoms with van der Waals surface area (Å²) in [7, 11) is 0. The number of nitrogens with one attached hydrogen (secondary N) is 1. The van der Waals surface area contributed by atoms with Crippen LogP contribution in [0.3, 0.4) is 0 Å². The Morgan fingerprint density at radius 3 is 2.67 bits per heavy atom. The highest BCUT2D eigenvalue weighted by Gasteiger charge is 2.36. The molecule has 27 heavy (non-hydrogen) atoms. The lowest BCUT2D eigenvalue weighted by Gasteiger charge is -2.21. The number of carbonyl (C=O) groups excluding carboxylic acids is 1. The van der Waals surface area contributed by atoms with Gasteiger partial charge < -0.3 is 15.6 Å². The van der Waals surface area contributed by atoms with Gasteiger partial charge >= 0.3 is 0 Å². The Bertz CT molecular complexity index is 1090. The molecule has 136 valence electrons. The van der Waals surface area contributed by atoms with Gasteiger partial charge in [-0.1, -0.05) is 0 Å². The third-order valence-corrected chi connectivity index (χ3v) is 4.75. The van der Waals surface area contributed by atoms with Crippen LogP contribution in [0.5, 0.6) is 0 Å². The van der Waals surface area contributed by atoms with E-state index in [1.165, 1.54) is 0 Å². The molecule has 0 radical (unpaired) electrons. The maximum atomic E-state index is 13.0. The van der Waals surface area contributed by atoms with E-state index >= 15 is 0 Å². The Hall–Kier alpha value is -3.55.